The Hall–Kier alpha value is -2.93. The van der Waals surface area contributed by atoms with E-state index in [1.807, 2.05) is 0 Å². The van der Waals surface area contributed by atoms with Gasteiger partial charge >= 0.3 is 0 Å². The predicted molar refractivity (Wildman–Crippen MR) is 117 cm³/mol. The van der Waals surface area contributed by atoms with Gasteiger partial charge < -0.3 is 15.3 Å². The fourth-order valence-electron chi connectivity index (χ4n) is 2.62. The average molecular weight is 529 g/mol. The quantitative estimate of drug-likeness (QED) is 0.122. The van der Waals surface area contributed by atoms with Crippen LogP contribution in [-0.2, 0) is 33.4 Å². The van der Waals surface area contributed by atoms with Crippen molar-refractivity contribution in [3.63, 3.8) is 0 Å². The molecule has 0 aliphatic carbocycles. The lowest BCUT2D eigenvalue weighted by Crippen LogP contribution is -2.46. The molecule has 0 aliphatic heterocycles. The van der Waals surface area contributed by atoms with Gasteiger partial charge in [0.1, 0.15) is 5.69 Å². The molecule has 2 N–H and O–H groups in total. The van der Waals surface area contributed by atoms with Crippen LogP contribution < -0.4 is 10.2 Å². The van der Waals surface area contributed by atoms with Gasteiger partial charge in [0.2, 0.25) is 0 Å². The summed E-state index contributed by atoms with van der Waals surface area (Å²) in [6.07, 6.45) is -0.166. The summed E-state index contributed by atoms with van der Waals surface area (Å²) in [5.74, 6) is -0.933. The minimum atomic E-state index is -4.20. The first-order valence-electron chi connectivity index (χ1n) is 9.43. The van der Waals surface area contributed by atoms with Crippen LogP contribution in [0.25, 0.3) is 0 Å². The number of nitro benzene ring substituents is 2. The minimum Gasteiger partial charge on any atom is -0.396 e. The number of amides is 1. The number of rotatable bonds is 15. The van der Waals surface area contributed by atoms with Gasteiger partial charge in [-0.25, -0.2) is 0 Å². The SMILES string of the molecule is CS(=O)(=O)OCCN(CC(OS(C)(=O)=O)C(=O)NCCCO)c1ccc([N+](=O)[O-])cc1[N+](=O)[O-]. The molecule has 16 nitrogen and oxygen atoms in total. The molecule has 34 heavy (non-hydrogen) atoms. The van der Waals surface area contributed by atoms with Crippen LogP contribution in [0.4, 0.5) is 17.1 Å². The third-order valence-electron chi connectivity index (χ3n) is 3.97. The fraction of sp³-hybridized carbons (Fsp3) is 0.562. The molecule has 0 saturated heterocycles. The number of aliphatic hydroxyl groups is 1. The summed E-state index contributed by atoms with van der Waals surface area (Å²) < 4.78 is 55.4. The zero-order chi connectivity index (χ0) is 26.1. The highest BCUT2D eigenvalue weighted by molar-refractivity contribution is 7.86. The zero-order valence-corrected chi connectivity index (χ0v) is 19.8. The van der Waals surface area contributed by atoms with Crippen LogP contribution >= 0.6 is 0 Å². The molecule has 1 atom stereocenters. The van der Waals surface area contributed by atoms with E-state index in [2.05, 4.69) is 9.50 Å². The van der Waals surface area contributed by atoms with E-state index in [1.165, 1.54) is 0 Å². The maximum Gasteiger partial charge on any atom is 0.299 e. The summed E-state index contributed by atoms with van der Waals surface area (Å²) in [5.41, 5.74) is -1.64. The van der Waals surface area contributed by atoms with E-state index in [0.29, 0.717) is 12.3 Å². The molecule has 0 radical (unpaired) electrons. The standard InChI is InChI=1S/C16H24N4O12S2/c1-33(27,28)31-9-7-18(13-5-4-12(19(23)24)10-14(13)20(25)26)11-15(32-34(2,29)30)16(22)17-6-3-8-21/h4-5,10,15,21H,3,6-9,11H2,1-2H3,(H,17,22). The summed E-state index contributed by atoms with van der Waals surface area (Å²) in [4.78, 5) is 34.3. The maximum atomic E-state index is 12.5. The first-order chi connectivity index (χ1) is 15.6. The molecule has 0 aliphatic rings. The molecule has 18 heteroatoms. The van der Waals surface area contributed by atoms with Crippen LogP contribution in [0.1, 0.15) is 6.42 Å². The summed E-state index contributed by atoms with van der Waals surface area (Å²) >= 11 is 0. The van der Waals surface area contributed by atoms with Gasteiger partial charge in [0.15, 0.2) is 6.10 Å². The molecule has 1 rings (SSSR count). The Labute approximate surface area is 195 Å². The van der Waals surface area contributed by atoms with Gasteiger partial charge in [-0.3, -0.25) is 33.4 Å². The number of hydrogen-bond acceptors (Lipinski definition) is 13. The monoisotopic (exact) mass is 528 g/mol. The average Bonchev–Trinajstić information content (AvgIpc) is 2.70. The third kappa shape index (κ3) is 10.3. The van der Waals surface area contributed by atoms with Gasteiger partial charge in [-0.15, -0.1) is 0 Å². The summed E-state index contributed by atoms with van der Waals surface area (Å²) in [6.45, 7) is -1.89. The number of nitrogens with one attached hydrogen (secondary N) is 1. The highest BCUT2D eigenvalue weighted by Crippen LogP contribution is 2.32. The number of hydrogen-bond donors (Lipinski definition) is 2. The summed E-state index contributed by atoms with van der Waals surface area (Å²) in [7, 11) is -8.12. The van der Waals surface area contributed by atoms with E-state index in [-0.39, 0.29) is 25.3 Å². The predicted octanol–water partition coefficient (Wildman–Crippen LogP) is -0.871. The number of non-ortho nitro benzene ring substituents is 1. The van der Waals surface area contributed by atoms with Crippen molar-refractivity contribution in [1.29, 1.82) is 0 Å². The second-order valence-corrected chi connectivity index (χ2v) is 10.1. The molecular weight excluding hydrogens is 504 g/mol. The van der Waals surface area contributed by atoms with E-state index >= 15 is 0 Å². The number of nitro groups is 2. The van der Waals surface area contributed by atoms with E-state index in [1.54, 1.807) is 0 Å². The van der Waals surface area contributed by atoms with Crippen molar-refractivity contribution in [1.82, 2.24) is 5.32 Å². The van der Waals surface area contributed by atoms with Crippen molar-refractivity contribution in [3.05, 3.63) is 38.4 Å². The minimum absolute atomic E-state index is 0.0339. The normalized spacial score (nSPS) is 12.7. The molecule has 0 bridgehead atoms. The highest BCUT2D eigenvalue weighted by atomic mass is 32.2. The lowest BCUT2D eigenvalue weighted by atomic mass is 10.2. The Morgan fingerprint density at radius 1 is 1.15 bits per heavy atom. The van der Waals surface area contributed by atoms with Crippen molar-refractivity contribution in [2.24, 2.45) is 0 Å². The Bertz CT molecular complexity index is 1110. The molecule has 0 heterocycles. The topological polar surface area (TPSA) is 226 Å². The molecule has 0 saturated carbocycles. The summed E-state index contributed by atoms with van der Waals surface area (Å²) in [5, 5.41) is 33.8. The molecule has 1 unspecified atom stereocenters. The Morgan fingerprint density at radius 3 is 2.29 bits per heavy atom. The Balaban J connectivity index is 3.41. The Kier molecular flexibility index (Phi) is 10.7. The molecule has 192 valence electrons. The van der Waals surface area contributed by atoms with Gasteiger partial charge in [0.25, 0.3) is 37.5 Å². The lowest BCUT2D eigenvalue weighted by molar-refractivity contribution is -0.393. The first-order valence-corrected chi connectivity index (χ1v) is 13.1. The number of benzene rings is 1. The van der Waals surface area contributed by atoms with Crippen LogP contribution in [0.3, 0.4) is 0 Å². The molecule has 1 aromatic rings. The largest absolute Gasteiger partial charge is 0.396 e. The van der Waals surface area contributed by atoms with Crippen LogP contribution in [-0.4, -0.2) is 89.2 Å². The lowest BCUT2D eigenvalue weighted by Gasteiger charge is -2.28. The molecule has 0 aromatic heterocycles. The maximum absolute atomic E-state index is 12.5. The number of carbonyl (C=O) groups is 1. The van der Waals surface area contributed by atoms with E-state index < -0.39 is 73.2 Å². The number of carbonyl (C=O) groups excluding carboxylic acids is 1. The second kappa shape index (κ2) is 12.5. The number of anilines is 1. The molecule has 0 fully saturated rings. The smallest absolute Gasteiger partial charge is 0.299 e. The van der Waals surface area contributed by atoms with Crippen LogP contribution in [0.2, 0.25) is 0 Å². The third-order valence-corrected chi connectivity index (χ3v) is 5.15. The van der Waals surface area contributed by atoms with Crippen LogP contribution in [0, 0.1) is 20.2 Å². The fourth-order valence-corrected chi connectivity index (χ4v) is 3.57. The molecule has 1 aromatic carbocycles. The van der Waals surface area contributed by atoms with E-state index in [4.69, 9.17) is 9.29 Å². The van der Waals surface area contributed by atoms with Gasteiger partial charge in [-0.2, -0.15) is 16.8 Å². The zero-order valence-electron chi connectivity index (χ0n) is 18.1. The number of aliphatic hydroxyl groups excluding tert-OH is 1. The van der Waals surface area contributed by atoms with Gasteiger partial charge in [0.05, 0.1) is 41.6 Å². The van der Waals surface area contributed by atoms with Gasteiger partial charge in [-0.05, 0) is 12.5 Å². The summed E-state index contributed by atoms with van der Waals surface area (Å²) in [6, 6.07) is 2.60. The van der Waals surface area contributed by atoms with Gasteiger partial charge in [0, 0.05) is 25.8 Å². The second-order valence-electron chi connectivity index (χ2n) is 6.82. The van der Waals surface area contributed by atoms with E-state index in [9.17, 15) is 41.9 Å². The van der Waals surface area contributed by atoms with Crippen molar-refractivity contribution in [2.75, 3.05) is 50.3 Å². The molecule has 0 spiro atoms. The van der Waals surface area contributed by atoms with Crippen molar-refractivity contribution in [2.45, 2.75) is 12.5 Å². The van der Waals surface area contributed by atoms with Crippen molar-refractivity contribution >= 4 is 43.2 Å². The number of nitrogens with zero attached hydrogens (tertiary/aromatic N) is 3. The van der Waals surface area contributed by atoms with Gasteiger partial charge in [-0.1, -0.05) is 0 Å². The van der Waals surface area contributed by atoms with E-state index in [0.717, 1.165) is 23.3 Å². The molecular formula is C16H24N4O12S2. The molecule has 1 amide bonds. The first kappa shape index (κ1) is 29.1. The van der Waals surface area contributed by atoms with Crippen molar-refractivity contribution < 1.29 is 44.9 Å². The highest BCUT2D eigenvalue weighted by Gasteiger charge is 2.30. The van der Waals surface area contributed by atoms with Crippen LogP contribution in [0.15, 0.2) is 18.2 Å². The Morgan fingerprint density at radius 2 is 1.79 bits per heavy atom. The van der Waals surface area contributed by atoms with Crippen LogP contribution in [0.5, 0.6) is 0 Å². The van der Waals surface area contributed by atoms with Crippen molar-refractivity contribution in [3.8, 4) is 0 Å².